The van der Waals surface area contributed by atoms with Gasteiger partial charge in [-0.3, -0.25) is 19.2 Å². The molecule has 5 N–H and O–H groups in total. The van der Waals surface area contributed by atoms with Crippen LogP contribution in [0, 0.1) is 10.1 Å². The Hall–Kier alpha value is -5.02. The Balaban J connectivity index is 0.00000520. The maximum absolute atomic E-state index is 12.4. The van der Waals surface area contributed by atoms with Gasteiger partial charge in [0.25, 0.3) is 25.9 Å². The largest absolute Gasteiger partial charge is 1.00 e. The SMILES string of the molecule is Nc1ccc2c(O)c(N=Nc3ccc(N=Nc4ccc(S(=O)(=O)O)cc4)cc3)c(S(=O)(=O)O)cc2c1N=Nc1ccc([N+](=O)[O-])cc1.[Na+]. The van der Waals surface area contributed by atoms with E-state index in [0.717, 1.165) is 18.2 Å². The Morgan fingerprint density at radius 1 is 0.604 bits per heavy atom. The number of phenols is 1. The number of benzene rings is 5. The molecule has 0 aromatic heterocycles. The van der Waals surface area contributed by atoms with Crippen LogP contribution in [0.15, 0.2) is 131 Å². The molecule has 0 atom stereocenters. The summed E-state index contributed by atoms with van der Waals surface area (Å²) in [6.07, 6.45) is 0. The Morgan fingerprint density at radius 3 is 1.50 bits per heavy atom. The van der Waals surface area contributed by atoms with Crippen LogP contribution in [0.25, 0.3) is 10.8 Å². The summed E-state index contributed by atoms with van der Waals surface area (Å²) >= 11 is 0. The molecule has 48 heavy (non-hydrogen) atoms. The number of nitrogens with zero attached hydrogens (tertiary/aromatic N) is 7. The van der Waals surface area contributed by atoms with Crippen LogP contribution in [0.2, 0.25) is 0 Å². The maximum Gasteiger partial charge on any atom is 1.00 e. The molecule has 0 fully saturated rings. The van der Waals surface area contributed by atoms with Gasteiger partial charge >= 0.3 is 29.6 Å². The van der Waals surface area contributed by atoms with Crippen LogP contribution in [0.1, 0.15) is 0 Å². The van der Waals surface area contributed by atoms with Crippen molar-refractivity contribution in [1.29, 1.82) is 0 Å². The van der Waals surface area contributed by atoms with E-state index >= 15 is 0 Å². The summed E-state index contributed by atoms with van der Waals surface area (Å²) in [6.45, 7) is 0. The van der Waals surface area contributed by atoms with Gasteiger partial charge in [0.05, 0.1) is 38.3 Å². The fourth-order valence-electron chi connectivity index (χ4n) is 4.07. The summed E-state index contributed by atoms with van der Waals surface area (Å²) in [5, 5.41) is 45.9. The van der Waals surface area contributed by atoms with Crippen molar-refractivity contribution >= 4 is 76.5 Å². The molecule has 0 amide bonds. The van der Waals surface area contributed by atoms with Gasteiger partial charge < -0.3 is 10.8 Å². The van der Waals surface area contributed by atoms with Crippen LogP contribution >= 0.6 is 0 Å². The topological polar surface area (TPSA) is 272 Å². The van der Waals surface area contributed by atoms with Crippen molar-refractivity contribution in [1.82, 2.24) is 0 Å². The number of aromatic hydroxyl groups is 1. The predicted octanol–water partition coefficient (Wildman–Crippen LogP) is 4.78. The van der Waals surface area contributed by atoms with E-state index in [0.29, 0.717) is 11.4 Å². The Kier molecular flexibility index (Phi) is 10.7. The first-order valence-corrected chi connectivity index (χ1v) is 15.8. The predicted molar refractivity (Wildman–Crippen MR) is 168 cm³/mol. The minimum Gasteiger partial charge on any atom is -0.505 e. The van der Waals surface area contributed by atoms with Gasteiger partial charge in [0, 0.05) is 22.9 Å². The van der Waals surface area contributed by atoms with Gasteiger partial charge in [-0.2, -0.15) is 37.3 Å². The van der Waals surface area contributed by atoms with Gasteiger partial charge in [0.15, 0.2) is 5.75 Å². The molecule has 0 heterocycles. The standard InChI is InChI=1S/C28H20N8O9S2.Na/c29-24-14-13-22-23(26(24)34-32-18-5-9-20(10-6-18)36(38)39)15-25(47(43,44)45)27(28(22)37)35-33-17-3-1-16(2-4-17)30-31-19-7-11-21(12-8-19)46(40,41)42;/h1-15,37H,29H2,(H,40,41,42)(H,43,44,45);/q;+1. The number of azo groups is 3. The number of hydrogen-bond donors (Lipinski definition) is 4. The van der Waals surface area contributed by atoms with Crippen LogP contribution in [0.3, 0.4) is 0 Å². The average Bonchev–Trinajstić information content (AvgIpc) is 3.02. The monoisotopic (exact) mass is 699 g/mol. The molecule has 0 unspecified atom stereocenters. The molecular weight excluding hydrogens is 679 g/mol. The third kappa shape index (κ3) is 8.27. The molecule has 5 aromatic carbocycles. The molecule has 20 heteroatoms. The fourth-order valence-corrected chi connectivity index (χ4v) is 5.20. The van der Waals surface area contributed by atoms with E-state index in [4.69, 9.17) is 10.3 Å². The average molecular weight is 700 g/mol. The van der Waals surface area contributed by atoms with Crippen LogP contribution in [0.4, 0.5) is 45.5 Å². The van der Waals surface area contributed by atoms with E-state index in [1.54, 1.807) is 0 Å². The van der Waals surface area contributed by atoms with Crippen molar-refractivity contribution in [3.05, 3.63) is 101 Å². The molecule has 0 saturated heterocycles. The second kappa shape index (κ2) is 14.4. The van der Waals surface area contributed by atoms with Gasteiger partial charge in [0.2, 0.25) is 0 Å². The van der Waals surface area contributed by atoms with Crippen molar-refractivity contribution in [3.8, 4) is 5.75 Å². The van der Waals surface area contributed by atoms with Crippen molar-refractivity contribution in [3.63, 3.8) is 0 Å². The van der Waals surface area contributed by atoms with Gasteiger partial charge in [-0.25, -0.2) is 0 Å². The zero-order valence-corrected chi connectivity index (χ0v) is 28.1. The third-order valence-corrected chi connectivity index (χ3v) is 8.11. The summed E-state index contributed by atoms with van der Waals surface area (Å²) in [5.41, 5.74) is 6.42. The molecule has 0 aliphatic carbocycles. The van der Waals surface area contributed by atoms with Gasteiger partial charge in [-0.1, -0.05) is 0 Å². The minimum absolute atomic E-state index is 0. The van der Waals surface area contributed by atoms with E-state index in [1.165, 1.54) is 72.8 Å². The summed E-state index contributed by atoms with van der Waals surface area (Å²) in [5.74, 6) is -0.656. The van der Waals surface area contributed by atoms with E-state index in [1.807, 2.05) is 0 Å². The maximum atomic E-state index is 12.4. The molecule has 0 aliphatic rings. The number of nitro benzene ring substituents is 1. The van der Waals surface area contributed by atoms with E-state index < -0.39 is 41.5 Å². The number of fused-ring (bicyclic) bond motifs is 1. The summed E-state index contributed by atoms with van der Waals surface area (Å²) in [7, 11) is -9.32. The van der Waals surface area contributed by atoms with Crippen LogP contribution in [0.5, 0.6) is 5.75 Å². The fraction of sp³-hybridized carbons (Fsp3) is 0. The molecule has 0 spiro atoms. The number of non-ortho nitro benzene ring substituents is 1. The molecule has 5 rings (SSSR count). The van der Waals surface area contributed by atoms with Crippen molar-refractivity contribution in [2.24, 2.45) is 30.7 Å². The van der Waals surface area contributed by atoms with Gasteiger partial charge in [-0.15, -0.1) is 10.2 Å². The number of phenolic OH excluding ortho intramolecular Hbond substituents is 1. The van der Waals surface area contributed by atoms with Crippen LogP contribution in [-0.2, 0) is 20.2 Å². The van der Waals surface area contributed by atoms with Crippen LogP contribution in [-0.4, -0.2) is 36.0 Å². The van der Waals surface area contributed by atoms with Crippen molar-refractivity contribution in [2.75, 3.05) is 5.73 Å². The number of nitrogens with two attached hydrogens (primary N) is 1. The molecular formula is C28H20N8NaO9S2+. The Morgan fingerprint density at radius 2 is 1.04 bits per heavy atom. The normalized spacial score (nSPS) is 12.2. The number of nitrogen functional groups attached to an aromatic ring is 1. The molecule has 0 radical (unpaired) electrons. The molecule has 5 aromatic rings. The number of nitro groups is 1. The number of rotatable bonds is 9. The van der Waals surface area contributed by atoms with Crippen molar-refractivity contribution < 1.29 is 65.5 Å². The Labute approximate surface area is 293 Å². The number of hydrogen-bond acceptors (Lipinski definition) is 14. The number of anilines is 1. The first-order chi connectivity index (χ1) is 22.2. The Bertz CT molecular complexity index is 2330. The van der Waals surface area contributed by atoms with Gasteiger partial charge in [-0.05, 0) is 78.9 Å². The molecule has 0 bridgehead atoms. The third-order valence-electron chi connectivity index (χ3n) is 6.37. The van der Waals surface area contributed by atoms with Gasteiger partial charge in [0.1, 0.15) is 16.3 Å². The second-order valence-corrected chi connectivity index (χ2v) is 12.3. The first kappa shape index (κ1) is 35.8. The zero-order valence-electron chi connectivity index (χ0n) is 24.5. The smallest absolute Gasteiger partial charge is 0.505 e. The second-order valence-electron chi connectivity index (χ2n) is 9.50. The molecule has 0 saturated carbocycles. The molecule has 0 aliphatic heterocycles. The molecule has 238 valence electrons. The summed E-state index contributed by atoms with van der Waals surface area (Å²) < 4.78 is 66.1. The van der Waals surface area contributed by atoms with Crippen molar-refractivity contribution in [2.45, 2.75) is 9.79 Å². The first-order valence-electron chi connectivity index (χ1n) is 12.9. The zero-order chi connectivity index (χ0) is 33.9. The van der Waals surface area contributed by atoms with E-state index in [2.05, 4.69) is 30.7 Å². The molecule has 17 nitrogen and oxygen atoms in total. The van der Waals surface area contributed by atoms with E-state index in [-0.39, 0.29) is 73.7 Å². The minimum atomic E-state index is -4.98. The summed E-state index contributed by atoms with van der Waals surface area (Å²) in [6, 6.07) is 19.8. The van der Waals surface area contributed by atoms with Crippen LogP contribution < -0.4 is 35.3 Å². The van der Waals surface area contributed by atoms with E-state index in [9.17, 15) is 36.6 Å². The quantitative estimate of drug-likeness (QED) is 0.0408. The summed E-state index contributed by atoms with van der Waals surface area (Å²) in [4.78, 5) is 9.22.